The van der Waals surface area contributed by atoms with Gasteiger partial charge < -0.3 is 10.6 Å². The Bertz CT molecular complexity index is 909. The Morgan fingerprint density at radius 1 is 0.931 bits per heavy atom. The summed E-state index contributed by atoms with van der Waals surface area (Å²) in [6.07, 6.45) is -10.2. The van der Waals surface area contributed by atoms with Crippen molar-refractivity contribution in [1.82, 2.24) is 5.32 Å². The SMILES string of the molecule is Cc1ccc(NC(=O)CNC(=O)c2cc(C(F)(F)F)cc(C(F)(F)F)c2)c(Cl)c1. The largest absolute Gasteiger partial charge is 0.416 e. The fraction of sp³-hybridized carbons (Fsp3) is 0.222. The molecule has 0 aliphatic carbocycles. The second-order valence-electron chi connectivity index (χ2n) is 6.01. The molecule has 156 valence electrons. The zero-order chi connectivity index (χ0) is 22.0. The summed E-state index contributed by atoms with van der Waals surface area (Å²) in [5.74, 6) is -2.04. The molecule has 2 rings (SSSR count). The van der Waals surface area contributed by atoms with Gasteiger partial charge in [0.1, 0.15) is 0 Å². The number of halogens is 7. The van der Waals surface area contributed by atoms with Crippen LogP contribution < -0.4 is 10.6 Å². The summed E-state index contributed by atoms with van der Waals surface area (Å²) in [5, 5.41) is 4.57. The number of hydrogen-bond donors (Lipinski definition) is 2. The number of alkyl halides is 6. The molecule has 0 saturated heterocycles. The predicted octanol–water partition coefficient (Wildman–Crippen LogP) is 5.05. The lowest BCUT2D eigenvalue weighted by molar-refractivity contribution is -0.143. The van der Waals surface area contributed by atoms with Crippen LogP contribution in [-0.2, 0) is 17.1 Å². The molecular weight excluding hydrogens is 426 g/mol. The maximum Gasteiger partial charge on any atom is 0.416 e. The Morgan fingerprint density at radius 2 is 1.48 bits per heavy atom. The van der Waals surface area contributed by atoms with E-state index in [1.807, 2.05) is 5.32 Å². The molecule has 0 aromatic heterocycles. The van der Waals surface area contributed by atoms with Gasteiger partial charge >= 0.3 is 12.4 Å². The van der Waals surface area contributed by atoms with Gasteiger partial charge in [-0.15, -0.1) is 0 Å². The van der Waals surface area contributed by atoms with Gasteiger partial charge in [0.05, 0.1) is 28.4 Å². The van der Waals surface area contributed by atoms with E-state index in [4.69, 9.17) is 11.6 Å². The highest BCUT2D eigenvalue weighted by Crippen LogP contribution is 2.36. The van der Waals surface area contributed by atoms with Gasteiger partial charge in [0.2, 0.25) is 5.91 Å². The van der Waals surface area contributed by atoms with E-state index in [2.05, 4.69) is 5.32 Å². The first-order chi connectivity index (χ1) is 13.3. The quantitative estimate of drug-likeness (QED) is 0.656. The van der Waals surface area contributed by atoms with Crippen LogP contribution in [0.3, 0.4) is 0 Å². The number of aryl methyl sites for hydroxylation is 1. The summed E-state index contributed by atoms with van der Waals surface area (Å²) < 4.78 is 77.1. The van der Waals surface area contributed by atoms with Crippen molar-refractivity contribution in [2.24, 2.45) is 0 Å². The molecule has 0 atom stereocenters. The fourth-order valence-electron chi connectivity index (χ4n) is 2.26. The lowest BCUT2D eigenvalue weighted by Crippen LogP contribution is -2.33. The molecule has 2 N–H and O–H groups in total. The van der Waals surface area contributed by atoms with Crippen LogP contribution in [0.4, 0.5) is 32.0 Å². The number of carbonyl (C=O) groups is 2. The number of nitrogens with one attached hydrogen (secondary N) is 2. The van der Waals surface area contributed by atoms with E-state index in [1.54, 1.807) is 19.1 Å². The summed E-state index contributed by atoms with van der Waals surface area (Å²) in [6, 6.07) is 5.18. The Kier molecular flexibility index (Phi) is 6.46. The van der Waals surface area contributed by atoms with Crippen molar-refractivity contribution in [3.05, 3.63) is 63.7 Å². The summed E-state index contributed by atoms with van der Waals surface area (Å²) in [7, 11) is 0. The number of hydrogen-bond acceptors (Lipinski definition) is 2. The fourth-order valence-corrected chi connectivity index (χ4v) is 2.55. The lowest BCUT2D eigenvalue weighted by atomic mass is 10.0. The molecule has 11 heteroatoms. The van der Waals surface area contributed by atoms with Crippen LogP contribution in [0.5, 0.6) is 0 Å². The van der Waals surface area contributed by atoms with Crippen LogP contribution in [0.1, 0.15) is 27.0 Å². The smallest absolute Gasteiger partial charge is 0.343 e. The summed E-state index contributed by atoms with van der Waals surface area (Å²) in [6.45, 7) is 1.07. The van der Waals surface area contributed by atoms with Crippen LogP contribution in [0.25, 0.3) is 0 Å². The maximum absolute atomic E-state index is 12.8. The molecule has 0 spiro atoms. The van der Waals surface area contributed by atoms with Crippen molar-refractivity contribution in [2.75, 3.05) is 11.9 Å². The van der Waals surface area contributed by atoms with E-state index in [-0.39, 0.29) is 28.9 Å². The Hall–Kier alpha value is -2.75. The van der Waals surface area contributed by atoms with E-state index in [9.17, 15) is 35.9 Å². The molecule has 0 aliphatic rings. The zero-order valence-electron chi connectivity index (χ0n) is 14.6. The first kappa shape index (κ1) is 22.5. The number of amides is 2. The first-order valence-corrected chi connectivity index (χ1v) is 8.29. The Balaban J connectivity index is 2.14. The topological polar surface area (TPSA) is 58.2 Å². The Labute approximate surface area is 165 Å². The van der Waals surface area contributed by atoms with Crippen molar-refractivity contribution in [2.45, 2.75) is 19.3 Å². The lowest BCUT2D eigenvalue weighted by Gasteiger charge is -2.14. The van der Waals surface area contributed by atoms with Crippen molar-refractivity contribution in [1.29, 1.82) is 0 Å². The second-order valence-corrected chi connectivity index (χ2v) is 6.42. The Morgan fingerprint density at radius 3 is 1.97 bits per heavy atom. The van der Waals surface area contributed by atoms with Crippen molar-refractivity contribution < 1.29 is 35.9 Å². The van der Waals surface area contributed by atoms with E-state index in [0.29, 0.717) is 0 Å². The van der Waals surface area contributed by atoms with Gasteiger partial charge in [0.15, 0.2) is 0 Å². The van der Waals surface area contributed by atoms with Crippen LogP contribution in [0, 0.1) is 6.92 Å². The highest BCUT2D eigenvalue weighted by atomic mass is 35.5. The van der Waals surface area contributed by atoms with E-state index >= 15 is 0 Å². The molecule has 0 radical (unpaired) electrons. The molecule has 2 amide bonds. The number of anilines is 1. The van der Waals surface area contributed by atoms with Crippen molar-refractivity contribution >= 4 is 29.1 Å². The van der Waals surface area contributed by atoms with Gasteiger partial charge in [-0.05, 0) is 42.8 Å². The minimum Gasteiger partial charge on any atom is -0.343 e. The molecule has 0 saturated carbocycles. The van der Waals surface area contributed by atoms with Crippen molar-refractivity contribution in [3.63, 3.8) is 0 Å². The zero-order valence-corrected chi connectivity index (χ0v) is 15.4. The number of benzene rings is 2. The number of carbonyl (C=O) groups excluding carboxylic acids is 2. The predicted molar refractivity (Wildman–Crippen MR) is 93.6 cm³/mol. The average Bonchev–Trinajstić information content (AvgIpc) is 2.60. The van der Waals surface area contributed by atoms with E-state index in [1.165, 1.54) is 6.07 Å². The summed E-state index contributed by atoms with van der Waals surface area (Å²) in [5.41, 5.74) is -3.09. The second kappa shape index (κ2) is 8.32. The molecule has 0 unspecified atom stereocenters. The molecule has 2 aromatic carbocycles. The average molecular weight is 439 g/mol. The molecule has 29 heavy (non-hydrogen) atoms. The third-order valence-corrected chi connectivity index (χ3v) is 3.97. The van der Waals surface area contributed by atoms with Crippen molar-refractivity contribution in [3.8, 4) is 0 Å². The maximum atomic E-state index is 12.8. The first-order valence-electron chi connectivity index (χ1n) is 7.91. The summed E-state index contributed by atoms with van der Waals surface area (Å²) >= 11 is 5.94. The molecule has 0 aliphatic heterocycles. The third-order valence-electron chi connectivity index (χ3n) is 3.66. The molecule has 0 bridgehead atoms. The monoisotopic (exact) mass is 438 g/mol. The molecular formula is C18H13ClF6N2O2. The minimum absolute atomic E-state index is 0.0944. The molecule has 0 fully saturated rings. The van der Waals surface area contributed by atoms with Gasteiger partial charge in [-0.2, -0.15) is 26.3 Å². The van der Waals surface area contributed by atoms with Gasteiger partial charge in [-0.1, -0.05) is 17.7 Å². The molecule has 2 aromatic rings. The van der Waals surface area contributed by atoms with Crippen LogP contribution in [0.15, 0.2) is 36.4 Å². The van der Waals surface area contributed by atoms with Crippen LogP contribution >= 0.6 is 11.6 Å². The van der Waals surface area contributed by atoms with E-state index < -0.39 is 47.4 Å². The van der Waals surface area contributed by atoms with Gasteiger partial charge in [-0.25, -0.2) is 0 Å². The highest BCUT2D eigenvalue weighted by molar-refractivity contribution is 6.33. The molecule has 0 heterocycles. The summed E-state index contributed by atoms with van der Waals surface area (Å²) in [4.78, 5) is 23.9. The third kappa shape index (κ3) is 6.11. The van der Waals surface area contributed by atoms with Crippen LogP contribution in [0.2, 0.25) is 5.02 Å². The molecule has 4 nitrogen and oxygen atoms in total. The minimum atomic E-state index is -5.09. The number of rotatable bonds is 4. The standard InChI is InChI=1S/C18H13ClF6N2O2/c1-9-2-3-14(13(19)4-9)27-15(28)8-26-16(29)10-5-11(17(20,21)22)7-12(6-10)18(23,24)25/h2-7H,8H2,1H3,(H,26,29)(H,27,28). The van der Waals surface area contributed by atoms with Crippen LogP contribution in [-0.4, -0.2) is 18.4 Å². The van der Waals surface area contributed by atoms with Gasteiger partial charge in [0.25, 0.3) is 5.91 Å². The van der Waals surface area contributed by atoms with Gasteiger partial charge in [0, 0.05) is 5.56 Å². The van der Waals surface area contributed by atoms with E-state index in [0.717, 1.165) is 5.56 Å². The van der Waals surface area contributed by atoms with Gasteiger partial charge in [-0.3, -0.25) is 9.59 Å². The normalized spacial score (nSPS) is 11.9. The highest BCUT2D eigenvalue weighted by Gasteiger charge is 2.37.